The van der Waals surface area contributed by atoms with E-state index in [0.717, 1.165) is 23.1 Å². The molecule has 0 fully saturated rings. The predicted molar refractivity (Wildman–Crippen MR) is 129 cm³/mol. The number of hydrogen-bond donors (Lipinski definition) is 2. The zero-order valence-corrected chi connectivity index (χ0v) is 20.2. The van der Waals surface area contributed by atoms with Gasteiger partial charge in [0.1, 0.15) is 11.5 Å². The van der Waals surface area contributed by atoms with Crippen molar-refractivity contribution < 1.29 is 28.6 Å². The van der Waals surface area contributed by atoms with Crippen LogP contribution >= 0.6 is 23.1 Å². The van der Waals surface area contributed by atoms with Crippen molar-refractivity contribution in [2.75, 3.05) is 37.2 Å². The van der Waals surface area contributed by atoms with Crippen molar-refractivity contribution in [3.8, 4) is 11.5 Å². The molecule has 0 radical (unpaired) electrons. The summed E-state index contributed by atoms with van der Waals surface area (Å²) in [7, 11) is 2.98. The van der Waals surface area contributed by atoms with Crippen molar-refractivity contribution in [1.82, 2.24) is 10.2 Å². The van der Waals surface area contributed by atoms with Gasteiger partial charge in [-0.1, -0.05) is 35.2 Å². The number of ether oxygens (including phenoxy) is 3. The summed E-state index contributed by atoms with van der Waals surface area (Å²) in [4.78, 5) is 37.0. The third-order valence-electron chi connectivity index (χ3n) is 4.30. The molecule has 2 amide bonds. The summed E-state index contributed by atoms with van der Waals surface area (Å²) < 4.78 is 15.9. The van der Waals surface area contributed by atoms with E-state index < -0.39 is 11.9 Å². The van der Waals surface area contributed by atoms with Crippen molar-refractivity contribution in [3.63, 3.8) is 0 Å². The molecule has 3 rings (SSSR count). The van der Waals surface area contributed by atoms with Gasteiger partial charge in [0, 0.05) is 6.07 Å². The number of benzene rings is 2. The van der Waals surface area contributed by atoms with E-state index in [4.69, 9.17) is 14.2 Å². The molecule has 0 aliphatic rings. The van der Waals surface area contributed by atoms with Crippen LogP contribution in [0.1, 0.15) is 27.6 Å². The standard InChI is InChI=1S/C22H22N4O6S2/c1-4-32-20(29)14-7-5-6-8-16(14)23-18(27)12-33-22-26-25-21(34-22)24-19(28)15-10-9-13(30-2)11-17(15)31-3/h5-11H,4,12H2,1-3H3,(H,23,27)(H,24,25,28). The minimum absolute atomic E-state index is 0.0338. The second-order valence-corrected chi connectivity index (χ2v) is 8.70. The van der Waals surface area contributed by atoms with Gasteiger partial charge < -0.3 is 19.5 Å². The number of esters is 1. The van der Waals surface area contributed by atoms with Crippen LogP contribution < -0.4 is 20.1 Å². The van der Waals surface area contributed by atoms with Gasteiger partial charge in [-0.15, -0.1) is 10.2 Å². The van der Waals surface area contributed by atoms with Gasteiger partial charge in [0.25, 0.3) is 5.91 Å². The summed E-state index contributed by atoms with van der Waals surface area (Å²) in [6.45, 7) is 1.94. The van der Waals surface area contributed by atoms with Gasteiger partial charge in [-0.2, -0.15) is 0 Å². The molecule has 178 valence electrons. The highest BCUT2D eigenvalue weighted by molar-refractivity contribution is 8.01. The van der Waals surface area contributed by atoms with Gasteiger partial charge >= 0.3 is 5.97 Å². The molecule has 1 heterocycles. The highest BCUT2D eigenvalue weighted by Gasteiger charge is 2.17. The summed E-state index contributed by atoms with van der Waals surface area (Å²) >= 11 is 2.28. The Labute approximate surface area is 204 Å². The topological polar surface area (TPSA) is 129 Å². The van der Waals surface area contributed by atoms with E-state index in [2.05, 4.69) is 20.8 Å². The number of hydrogen-bond acceptors (Lipinski definition) is 10. The largest absolute Gasteiger partial charge is 0.497 e. The van der Waals surface area contributed by atoms with Crippen LogP contribution in [0, 0.1) is 0 Å². The number of thioether (sulfide) groups is 1. The Morgan fingerprint density at radius 1 is 1.00 bits per heavy atom. The number of rotatable bonds is 10. The average Bonchev–Trinajstić information content (AvgIpc) is 3.29. The summed E-state index contributed by atoms with van der Waals surface area (Å²) in [5, 5.41) is 13.6. The lowest BCUT2D eigenvalue weighted by atomic mass is 10.2. The van der Waals surface area contributed by atoms with E-state index in [1.807, 2.05) is 0 Å². The fourth-order valence-corrected chi connectivity index (χ4v) is 4.31. The van der Waals surface area contributed by atoms with Crippen molar-refractivity contribution in [2.24, 2.45) is 0 Å². The third kappa shape index (κ3) is 6.45. The molecule has 0 aliphatic heterocycles. The van der Waals surface area contributed by atoms with Crippen LogP contribution in [0.4, 0.5) is 10.8 Å². The molecule has 0 spiro atoms. The number of aromatic nitrogens is 2. The van der Waals surface area contributed by atoms with Gasteiger partial charge in [-0.3, -0.25) is 14.9 Å². The lowest BCUT2D eigenvalue weighted by Crippen LogP contribution is -2.17. The predicted octanol–water partition coefficient (Wildman–Crippen LogP) is 3.72. The normalized spacial score (nSPS) is 10.3. The molecule has 0 aliphatic carbocycles. The molecular weight excluding hydrogens is 480 g/mol. The molecule has 10 nitrogen and oxygen atoms in total. The number of carbonyl (C=O) groups excluding carboxylic acids is 3. The van der Waals surface area contributed by atoms with Gasteiger partial charge in [-0.05, 0) is 31.2 Å². The maximum Gasteiger partial charge on any atom is 0.340 e. The highest BCUT2D eigenvalue weighted by Crippen LogP contribution is 2.28. The van der Waals surface area contributed by atoms with E-state index >= 15 is 0 Å². The maximum absolute atomic E-state index is 12.6. The monoisotopic (exact) mass is 502 g/mol. The molecule has 0 atom stereocenters. The Bertz CT molecular complexity index is 1180. The molecule has 0 bridgehead atoms. The molecule has 0 saturated heterocycles. The molecule has 3 aromatic rings. The Hall–Kier alpha value is -3.64. The highest BCUT2D eigenvalue weighted by atomic mass is 32.2. The second-order valence-electron chi connectivity index (χ2n) is 6.50. The van der Waals surface area contributed by atoms with Crippen molar-refractivity contribution in [3.05, 3.63) is 53.6 Å². The van der Waals surface area contributed by atoms with Crippen molar-refractivity contribution in [1.29, 1.82) is 0 Å². The summed E-state index contributed by atoms with van der Waals surface area (Å²) in [6, 6.07) is 11.5. The van der Waals surface area contributed by atoms with Crippen LogP contribution in [0.25, 0.3) is 0 Å². The molecule has 1 aromatic heterocycles. The van der Waals surface area contributed by atoms with Gasteiger partial charge in [0.15, 0.2) is 4.34 Å². The van der Waals surface area contributed by atoms with Crippen LogP contribution in [-0.4, -0.2) is 54.6 Å². The van der Waals surface area contributed by atoms with Crippen LogP contribution in [0.3, 0.4) is 0 Å². The number of nitrogens with one attached hydrogen (secondary N) is 2. The van der Waals surface area contributed by atoms with E-state index in [1.54, 1.807) is 49.4 Å². The van der Waals surface area contributed by atoms with Crippen molar-refractivity contribution in [2.45, 2.75) is 11.3 Å². The molecule has 0 saturated carbocycles. The number of nitrogens with zero attached hydrogens (tertiary/aromatic N) is 2. The Morgan fingerprint density at radius 3 is 2.53 bits per heavy atom. The van der Waals surface area contributed by atoms with Gasteiger partial charge in [0.2, 0.25) is 11.0 Å². The summed E-state index contributed by atoms with van der Waals surface area (Å²) in [6.07, 6.45) is 0. The summed E-state index contributed by atoms with van der Waals surface area (Å²) in [5.74, 6) is -0.302. The van der Waals surface area contributed by atoms with Crippen LogP contribution in [-0.2, 0) is 9.53 Å². The Kier molecular flexibility index (Phi) is 8.82. The van der Waals surface area contributed by atoms with E-state index in [0.29, 0.717) is 27.1 Å². The number of carbonyl (C=O) groups is 3. The molecule has 12 heteroatoms. The number of anilines is 2. The molecule has 2 N–H and O–H groups in total. The molecule has 2 aromatic carbocycles. The number of amides is 2. The minimum atomic E-state index is -0.510. The minimum Gasteiger partial charge on any atom is -0.497 e. The number of para-hydroxylation sites is 1. The van der Waals surface area contributed by atoms with E-state index in [1.165, 1.54) is 14.2 Å². The van der Waals surface area contributed by atoms with Crippen LogP contribution in [0.15, 0.2) is 46.8 Å². The fraction of sp³-hybridized carbons (Fsp3) is 0.227. The van der Waals surface area contributed by atoms with Crippen molar-refractivity contribution >= 4 is 51.7 Å². The third-order valence-corrected chi connectivity index (χ3v) is 6.28. The second kappa shape index (κ2) is 12.0. The zero-order chi connectivity index (χ0) is 24.5. The molecule has 0 unspecified atom stereocenters. The summed E-state index contributed by atoms with van der Waals surface area (Å²) in [5.41, 5.74) is 0.954. The molecule has 34 heavy (non-hydrogen) atoms. The first kappa shape index (κ1) is 25.0. The lowest BCUT2D eigenvalue weighted by Gasteiger charge is -2.09. The number of methoxy groups -OCH3 is 2. The van der Waals surface area contributed by atoms with E-state index in [-0.39, 0.29) is 29.0 Å². The Morgan fingerprint density at radius 2 is 1.79 bits per heavy atom. The smallest absolute Gasteiger partial charge is 0.340 e. The van der Waals surface area contributed by atoms with Gasteiger partial charge in [0.05, 0.1) is 43.4 Å². The van der Waals surface area contributed by atoms with Crippen LogP contribution in [0.5, 0.6) is 11.5 Å². The van der Waals surface area contributed by atoms with Crippen LogP contribution in [0.2, 0.25) is 0 Å². The lowest BCUT2D eigenvalue weighted by molar-refractivity contribution is -0.113. The zero-order valence-electron chi connectivity index (χ0n) is 18.6. The Balaban J connectivity index is 1.57. The average molecular weight is 503 g/mol. The first-order valence-electron chi connectivity index (χ1n) is 10.0. The fourth-order valence-electron chi connectivity index (χ4n) is 2.76. The molecular formula is C22H22N4O6S2. The van der Waals surface area contributed by atoms with Gasteiger partial charge in [-0.25, -0.2) is 4.79 Å². The first-order valence-corrected chi connectivity index (χ1v) is 11.8. The first-order chi connectivity index (χ1) is 16.4. The quantitative estimate of drug-likeness (QED) is 0.242. The maximum atomic E-state index is 12.6. The van der Waals surface area contributed by atoms with E-state index in [9.17, 15) is 14.4 Å². The SMILES string of the molecule is CCOC(=O)c1ccccc1NC(=O)CSc1nnc(NC(=O)c2ccc(OC)cc2OC)s1.